The van der Waals surface area contributed by atoms with Crippen LogP contribution in [0.25, 0.3) is 11.0 Å². The molecule has 1 aliphatic rings. The third-order valence-corrected chi connectivity index (χ3v) is 5.59. The summed E-state index contributed by atoms with van der Waals surface area (Å²) in [7, 11) is -3.70. The lowest BCUT2D eigenvalue weighted by Crippen LogP contribution is -2.41. The average molecular weight is 309 g/mol. The normalized spacial score (nSPS) is 18.1. The molecule has 0 radical (unpaired) electrons. The fraction of sp³-hybridized carbons (Fsp3) is 0.417. The van der Waals surface area contributed by atoms with Gasteiger partial charge in [0.05, 0.1) is 5.39 Å². The first-order valence-corrected chi connectivity index (χ1v) is 8.02. The Morgan fingerprint density at radius 2 is 2.10 bits per heavy atom. The van der Waals surface area contributed by atoms with Crippen molar-refractivity contribution in [3.05, 3.63) is 18.3 Å². The zero-order chi connectivity index (χ0) is 15.0. The van der Waals surface area contributed by atoms with Crippen molar-refractivity contribution in [1.29, 1.82) is 0 Å². The van der Waals surface area contributed by atoms with Gasteiger partial charge in [-0.05, 0) is 25.0 Å². The van der Waals surface area contributed by atoms with E-state index < -0.39 is 10.0 Å². The Morgan fingerprint density at radius 3 is 2.76 bits per heavy atom. The van der Waals surface area contributed by atoms with Crippen LogP contribution in [0.5, 0.6) is 0 Å². The van der Waals surface area contributed by atoms with Crippen LogP contribution in [0.3, 0.4) is 0 Å². The highest BCUT2D eigenvalue weighted by Gasteiger charge is 2.33. The summed E-state index contributed by atoms with van der Waals surface area (Å²) < 4.78 is 26.6. The molecule has 1 fully saturated rings. The zero-order valence-corrected chi connectivity index (χ0v) is 12.0. The Bertz CT molecular complexity index is 777. The van der Waals surface area contributed by atoms with Crippen LogP contribution in [-0.4, -0.2) is 46.9 Å². The molecule has 9 heteroatoms. The van der Waals surface area contributed by atoms with Crippen LogP contribution in [0.15, 0.2) is 23.4 Å². The second-order valence-corrected chi connectivity index (χ2v) is 6.86. The van der Waals surface area contributed by atoms with E-state index in [4.69, 9.17) is 5.73 Å². The minimum atomic E-state index is -3.70. The van der Waals surface area contributed by atoms with E-state index in [0.29, 0.717) is 23.9 Å². The molecule has 3 N–H and O–H groups in total. The number of nitrogens with two attached hydrogens (primary N) is 1. The third kappa shape index (κ3) is 2.38. The van der Waals surface area contributed by atoms with Crippen molar-refractivity contribution < 1.29 is 13.2 Å². The molecule has 1 saturated heterocycles. The van der Waals surface area contributed by atoms with Crippen molar-refractivity contribution in [2.45, 2.75) is 17.9 Å². The molecule has 3 heterocycles. The fourth-order valence-corrected chi connectivity index (χ4v) is 4.07. The number of aromatic nitrogens is 3. The number of hydrogen-bond donors (Lipinski definition) is 2. The lowest BCUT2D eigenvalue weighted by atomic mass is 9.98. The molecule has 0 atom stereocenters. The van der Waals surface area contributed by atoms with Gasteiger partial charge in [-0.1, -0.05) is 0 Å². The first-order valence-electron chi connectivity index (χ1n) is 6.58. The summed E-state index contributed by atoms with van der Waals surface area (Å²) in [6.45, 7) is 0.537. The number of aromatic amines is 1. The number of carbonyl (C=O) groups is 1. The van der Waals surface area contributed by atoms with Crippen molar-refractivity contribution in [2.75, 3.05) is 13.1 Å². The van der Waals surface area contributed by atoms with E-state index in [9.17, 15) is 13.2 Å². The van der Waals surface area contributed by atoms with Gasteiger partial charge in [0.25, 0.3) is 10.0 Å². The maximum atomic E-state index is 12.6. The number of amides is 1. The molecule has 0 aliphatic carbocycles. The van der Waals surface area contributed by atoms with E-state index in [0.717, 1.165) is 0 Å². The van der Waals surface area contributed by atoms with Gasteiger partial charge in [-0.15, -0.1) is 0 Å². The van der Waals surface area contributed by atoms with Crippen molar-refractivity contribution >= 4 is 27.0 Å². The van der Waals surface area contributed by atoms with Crippen LogP contribution in [0.1, 0.15) is 12.8 Å². The van der Waals surface area contributed by atoms with E-state index in [2.05, 4.69) is 15.2 Å². The van der Waals surface area contributed by atoms with E-state index in [1.807, 2.05) is 0 Å². The quantitative estimate of drug-likeness (QED) is 0.816. The highest BCUT2D eigenvalue weighted by Crippen LogP contribution is 2.26. The number of piperidine rings is 1. The van der Waals surface area contributed by atoms with Gasteiger partial charge in [-0.3, -0.25) is 9.89 Å². The maximum absolute atomic E-state index is 12.6. The van der Waals surface area contributed by atoms with Crippen molar-refractivity contribution in [2.24, 2.45) is 11.7 Å². The van der Waals surface area contributed by atoms with Crippen molar-refractivity contribution in [3.8, 4) is 0 Å². The second-order valence-electron chi connectivity index (χ2n) is 5.01. The Hall–Kier alpha value is -2.00. The first kappa shape index (κ1) is 14.0. The molecule has 0 bridgehead atoms. The van der Waals surface area contributed by atoms with Gasteiger partial charge in [0, 0.05) is 25.2 Å². The minimum Gasteiger partial charge on any atom is -0.369 e. The molecule has 0 spiro atoms. The molecule has 112 valence electrons. The van der Waals surface area contributed by atoms with E-state index >= 15 is 0 Å². The van der Waals surface area contributed by atoms with Crippen LogP contribution < -0.4 is 5.73 Å². The summed E-state index contributed by atoms with van der Waals surface area (Å²) in [5, 5.41) is 6.95. The first-order chi connectivity index (χ1) is 10.00. The molecule has 8 nitrogen and oxygen atoms in total. The van der Waals surface area contributed by atoms with E-state index in [1.54, 1.807) is 18.3 Å². The number of rotatable bonds is 3. The number of nitrogens with zero attached hydrogens (tertiary/aromatic N) is 3. The lowest BCUT2D eigenvalue weighted by molar-refractivity contribution is -0.122. The number of nitrogens with one attached hydrogen (secondary N) is 1. The molecule has 0 aromatic carbocycles. The van der Waals surface area contributed by atoms with Gasteiger partial charge in [0.15, 0.2) is 5.65 Å². The second kappa shape index (κ2) is 5.08. The van der Waals surface area contributed by atoms with Crippen LogP contribution in [-0.2, 0) is 14.8 Å². The van der Waals surface area contributed by atoms with Crippen molar-refractivity contribution in [3.63, 3.8) is 0 Å². The lowest BCUT2D eigenvalue weighted by Gasteiger charge is -2.29. The summed E-state index contributed by atoms with van der Waals surface area (Å²) in [6.07, 6.45) is 2.44. The van der Waals surface area contributed by atoms with Gasteiger partial charge in [0.1, 0.15) is 0 Å². The van der Waals surface area contributed by atoms with Gasteiger partial charge >= 0.3 is 0 Å². The number of sulfonamides is 1. The minimum absolute atomic E-state index is 0.0249. The van der Waals surface area contributed by atoms with Gasteiger partial charge in [-0.2, -0.15) is 9.40 Å². The molecule has 2 aromatic heterocycles. The third-order valence-electron chi connectivity index (χ3n) is 3.74. The predicted octanol–water partition coefficient (Wildman–Crippen LogP) is -0.156. The molecule has 1 aliphatic heterocycles. The Balaban J connectivity index is 1.90. The molecule has 21 heavy (non-hydrogen) atoms. The number of fused-ring (bicyclic) bond motifs is 1. The SMILES string of the molecule is NC(=O)C1CCN(S(=O)(=O)c2n[nH]c3ncccc23)CC1. The van der Waals surface area contributed by atoms with Crippen molar-refractivity contribution in [1.82, 2.24) is 19.5 Å². The smallest absolute Gasteiger partial charge is 0.263 e. The summed E-state index contributed by atoms with van der Waals surface area (Å²) >= 11 is 0. The Morgan fingerprint density at radius 1 is 1.38 bits per heavy atom. The summed E-state index contributed by atoms with van der Waals surface area (Å²) in [6, 6.07) is 3.32. The predicted molar refractivity (Wildman–Crippen MR) is 74.6 cm³/mol. The van der Waals surface area contributed by atoms with Gasteiger partial charge in [-0.25, -0.2) is 13.4 Å². The van der Waals surface area contributed by atoms with Crippen LogP contribution >= 0.6 is 0 Å². The molecule has 1 amide bonds. The van der Waals surface area contributed by atoms with E-state index in [-0.39, 0.29) is 29.9 Å². The number of pyridine rings is 1. The standard InChI is InChI=1S/C12H15N5O3S/c13-10(18)8-3-6-17(7-4-8)21(19,20)12-9-2-1-5-14-11(9)15-16-12/h1-2,5,8H,3-4,6-7H2,(H2,13,18)(H,14,15,16). The van der Waals surface area contributed by atoms with Gasteiger partial charge < -0.3 is 5.73 Å². The molecule has 3 rings (SSSR count). The van der Waals surface area contributed by atoms with Crippen LogP contribution in [0.4, 0.5) is 0 Å². The molecular weight excluding hydrogens is 294 g/mol. The van der Waals surface area contributed by atoms with E-state index in [1.165, 1.54) is 4.31 Å². The average Bonchev–Trinajstić information content (AvgIpc) is 2.92. The van der Waals surface area contributed by atoms with Crippen LogP contribution in [0, 0.1) is 5.92 Å². The largest absolute Gasteiger partial charge is 0.369 e. The monoisotopic (exact) mass is 309 g/mol. The summed E-state index contributed by atoms with van der Waals surface area (Å²) in [5.41, 5.74) is 5.69. The summed E-state index contributed by atoms with van der Waals surface area (Å²) in [5.74, 6) is -0.629. The molecule has 2 aromatic rings. The summed E-state index contributed by atoms with van der Waals surface area (Å²) in [4.78, 5) is 15.2. The maximum Gasteiger partial charge on any atom is 0.263 e. The van der Waals surface area contributed by atoms with Crippen LogP contribution in [0.2, 0.25) is 0 Å². The molecule has 0 saturated carbocycles. The molecule has 0 unspecified atom stereocenters. The number of hydrogen-bond acceptors (Lipinski definition) is 5. The fourth-order valence-electron chi connectivity index (χ4n) is 2.53. The highest BCUT2D eigenvalue weighted by molar-refractivity contribution is 7.89. The zero-order valence-electron chi connectivity index (χ0n) is 11.2. The Labute approximate surface area is 121 Å². The number of carbonyl (C=O) groups excluding carboxylic acids is 1. The molecular formula is C12H15N5O3S. The topological polar surface area (TPSA) is 122 Å². The Kier molecular flexibility index (Phi) is 3.38. The highest BCUT2D eigenvalue weighted by atomic mass is 32.2. The number of primary amides is 1. The van der Waals surface area contributed by atoms with Gasteiger partial charge in [0.2, 0.25) is 10.9 Å². The number of H-pyrrole nitrogens is 1.